The van der Waals surface area contributed by atoms with Crippen LogP contribution in [0.3, 0.4) is 0 Å². The van der Waals surface area contributed by atoms with Gasteiger partial charge in [-0.05, 0) is 19.1 Å². The Morgan fingerprint density at radius 1 is 1.50 bits per heavy atom. The van der Waals surface area contributed by atoms with Gasteiger partial charge in [-0.25, -0.2) is 4.99 Å². The van der Waals surface area contributed by atoms with Gasteiger partial charge in [-0.2, -0.15) is 0 Å². The molecule has 0 bridgehead atoms. The minimum Gasteiger partial charge on any atom is -0.370 e. The summed E-state index contributed by atoms with van der Waals surface area (Å²) in [6.45, 7) is 1.89. The number of benzene rings is 1. The van der Waals surface area contributed by atoms with Crippen molar-refractivity contribution in [2.45, 2.75) is 13.0 Å². The zero-order valence-electron chi connectivity index (χ0n) is 9.51. The predicted octanol–water partition coefficient (Wildman–Crippen LogP) is 1.18. The number of aliphatic imine (C=N–C) groups is 1. The van der Waals surface area contributed by atoms with E-state index in [2.05, 4.69) is 10.3 Å². The predicted molar refractivity (Wildman–Crippen MR) is 70.1 cm³/mol. The molecular formula is C11H17N3OS. The van der Waals surface area contributed by atoms with E-state index in [9.17, 15) is 4.21 Å². The molecule has 2 unspecified atom stereocenters. The molecule has 0 radical (unpaired) electrons. The minimum absolute atomic E-state index is 0.0398. The van der Waals surface area contributed by atoms with Gasteiger partial charge >= 0.3 is 0 Å². The van der Waals surface area contributed by atoms with Crippen LogP contribution in [0.25, 0.3) is 0 Å². The Morgan fingerprint density at radius 3 is 2.69 bits per heavy atom. The summed E-state index contributed by atoms with van der Waals surface area (Å²) in [6.07, 6.45) is 1.66. The average molecular weight is 239 g/mol. The molecule has 5 heteroatoms. The fraction of sp³-hybridized carbons (Fsp3) is 0.364. The molecule has 0 heterocycles. The van der Waals surface area contributed by atoms with E-state index < -0.39 is 10.8 Å². The molecule has 0 aliphatic rings. The third kappa shape index (κ3) is 4.93. The van der Waals surface area contributed by atoms with E-state index in [1.54, 1.807) is 6.26 Å². The highest BCUT2D eigenvalue weighted by atomic mass is 32.2. The highest BCUT2D eigenvalue weighted by Gasteiger charge is 2.03. The summed E-state index contributed by atoms with van der Waals surface area (Å²) in [7, 11) is -0.849. The van der Waals surface area contributed by atoms with Gasteiger partial charge in [0.1, 0.15) is 0 Å². The third-order valence-electron chi connectivity index (χ3n) is 1.88. The molecule has 88 valence electrons. The molecule has 0 fully saturated rings. The van der Waals surface area contributed by atoms with Gasteiger partial charge in [-0.15, -0.1) is 0 Å². The van der Waals surface area contributed by atoms with E-state index in [0.29, 0.717) is 11.7 Å². The first kappa shape index (κ1) is 12.7. The third-order valence-corrected chi connectivity index (χ3v) is 2.83. The highest BCUT2D eigenvalue weighted by molar-refractivity contribution is 7.84. The molecule has 4 nitrogen and oxygen atoms in total. The standard InChI is InChI=1S/C11H17N3OS/c1-9(8-16(2)15)13-11(12)14-10-6-4-3-5-7-10/h3-7,9H,8H2,1-2H3,(H3,12,13,14). The molecule has 2 atom stereocenters. The van der Waals surface area contributed by atoms with Crippen LogP contribution >= 0.6 is 0 Å². The van der Waals surface area contributed by atoms with Crippen molar-refractivity contribution in [1.82, 2.24) is 0 Å². The molecule has 0 saturated heterocycles. The molecule has 1 aromatic carbocycles. The summed E-state index contributed by atoms with van der Waals surface area (Å²) in [5, 5.41) is 2.97. The Bertz CT molecular complexity index is 378. The summed E-state index contributed by atoms with van der Waals surface area (Å²) >= 11 is 0. The van der Waals surface area contributed by atoms with Crippen LogP contribution in [0, 0.1) is 0 Å². The topological polar surface area (TPSA) is 67.5 Å². The van der Waals surface area contributed by atoms with E-state index in [-0.39, 0.29) is 6.04 Å². The van der Waals surface area contributed by atoms with Gasteiger partial charge in [-0.1, -0.05) is 18.2 Å². The highest BCUT2D eigenvalue weighted by Crippen LogP contribution is 2.04. The van der Waals surface area contributed by atoms with Gasteiger partial charge in [-0.3, -0.25) is 4.21 Å². The van der Waals surface area contributed by atoms with E-state index in [1.165, 1.54) is 0 Å². The lowest BCUT2D eigenvalue weighted by atomic mass is 10.3. The number of nitrogens with two attached hydrogens (primary N) is 1. The SMILES string of the molecule is CC(CS(C)=O)N=C(N)Nc1ccccc1. The number of para-hydroxylation sites is 1. The van der Waals surface area contributed by atoms with Crippen LogP contribution in [0.4, 0.5) is 5.69 Å². The number of hydrogen-bond donors (Lipinski definition) is 2. The monoisotopic (exact) mass is 239 g/mol. The second-order valence-corrected chi connectivity index (χ2v) is 5.07. The maximum Gasteiger partial charge on any atom is 0.193 e. The summed E-state index contributed by atoms with van der Waals surface area (Å²) in [5.41, 5.74) is 6.62. The molecule has 0 aromatic heterocycles. The Kier molecular flexibility index (Phi) is 4.98. The van der Waals surface area contributed by atoms with Crippen LogP contribution < -0.4 is 11.1 Å². The molecule has 0 spiro atoms. The minimum atomic E-state index is -0.849. The molecule has 0 amide bonds. The van der Waals surface area contributed by atoms with Crippen molar-refractivity contribution in [1.29, 1.82) is 0 Å². The van der Waals surface area contributed by atoms with Crippen LogP contribution in [-0.2, 0) is 10.8 Å². The Hall–Kier alpha value is -1.36. The molecule has 0 saturated carbocycles. The average Bonchev–Trinajstić information content (AvgIpc) is 2.17. The number of nitrogens with one attached hydrogen (secondary N) is 1. The quantitative estimate of drug-likeness (QED) is 0.612. The number of guanidine groups is 1. The van der Waals surface area contributed by atoms with Crippen molar-refractivity contribution in [3.8, 4) is 0 Å². The van der Waals surface area contributed by atoms with E-state index >= 15 is 0 Å². The fourth-order valence-corrected chi connectivity index (χ4v) is 2.07. The molecule has 0 aliphatic heterocycles. The smallest absolute Gasteiger partial charge is 0.193 e. The van der Waals surface area contributed by atoms with Crippen molar-refractivity contribution in [3.63, 3.8) is 0 Å². The van der Waals surface area contributed by atoms with E-state index in [4.69, 9.17) is 5.73 Å². The van der Waals surface area contributed by atoms with E-state index in [0.717, 1.165) is 5.69 Å². The number of hydrogen-bond acceptors (Lipinski definition) is 2. The largest absolute Gasteiger partial charge is 0.370 e. The maximum absolute atomic E-state index is 11.0. The molecule has 3 N–H and O–H groups in total. The maximum atomic E-state index is 11.0. The van der Waals surface area contributed by atoms with Gasteiger partial charge < -0.3 is 11.1 Å². The fourth-order valence-electron chi connectivity index (χ4n) is 1.32. The van der Waals surface area contributed by atoms with Gasteiger partial charge in [0.05, 0.1) is 6.04 Å². The van der Waals surface area contributed by atoms with Gasteiger partial charge in [0, 0.05) is 28.5 Å². The van der Waals surface area contributed by atoms with Crippen LogP contribution in [0.5, 0.6) is 0 Å². The second kappa shape index (κ2) is 6.27. The van der Waals surface area contributed by atoms with Crippen LogP contribution in [-0.4, -0.2) is 28.2 Å². The van der Waals surface area contributed by atoms with Gasteiger partial charge in [0.25, 0.3) is 0 Å². The number of rotatable bonds is 4. The lowest BCUT2D eigenvalue weighted by Gasteiger charge is -2.08. The summed E-state index contributed by atoms with van der Waals surface area (Å²) < 4.78 is 11.0. The van der Waals surface area contributed by atoms with Gasteiger partial charge in [0.15, 0.2) is 5.96 Å². The van der Waals surface area contributed by atoms with Gasteiger partial charge in [0.2, 0.25) is 0 Å². The van der Waals surface area contributed by atoms with Crippen LogP contribution in [0.2, 0.25) is 0 Å². The Labute approximate surface area is 98.4 Å². The lowest BCUT2D eigenvalue weighted by molar-refractivity contribution is 0.680. The Morgan fingerprint density at radius 2 is 2.12 bits per heavy atom. The van der Waals surface area contributed by atoms with Crippen molar-refractivity contribution in [2.24, 2.45) is 10.7 Å². The number of anilines is 1. The van der Waals surface area contributed by atoms with Crippen molar-refractivity contribution >= 4 is 22.4 Å². The molecule has 1 aromatic rings. The lowest BCUT2D eigenvalue weighted by Crippen LogP contribution is -2.25. The first-order valence-electron chi connectivity index (χ1n) is 5.03. The zero-order chi connectivity index (χ0) is 12.0. The Balaban J connectivity index is 2.54. The summed E-state index contributed by atoms with van der Waals surface area (Å²) in [5.74, 6) is 0.876. The zero-order valence-corrected chi connectivity index (χ0v) is 10.3. The summed E-state index contributed by atoms with van der Waals surface area (Å²) in [6, 6.07) is 9.54. The van der Waals surface area contributed by atoms with E-state index in [1.807, 2.05) is 37.3 Å². The summed E-state index contributed by atoms with van der Waals surface area (Å²) in [4.78, 5) is 4.20. The number of nitrogens with zero attached hydrogens (tertiary/aromatic N) is 1. The second-order valence-electron chi connectivity index (χ2n) is 3.59. The first-order chi connectivity index (χ1) is 7.58. The molecule has 16 heavy (non-hydrogen) atoms. The van der Waals surface area contributed by atoms with Crippen LogP contribution in [0.15, 0.2) is 35.3 Å². The van der Waals surface area contributed by atoms with Crippen molar-refractivity contribution in [2.75, 3.05) is 17.3 Å². The normalized spacial score (nSPS) is 15.5. The van der Waals surface area contributed by atoms with Crippen molar-refractivity contribution in [3.05, 3.63) is 30.3 Å². The molecular weight excluding hydrogens is 222 g/mol. The first-order valence-corrected chi connectivity index (χ1v) is 6.76. The molecule has 1 rings (SSSR count). The van der Waals surface area contributed by atoms with Crippen LogP contribution in [0.1, 0.15) is 6.92 Å². The molecule has 0 aliphatic carbocycles. The van der Waals surface area contributed by atoms with Crippen molar-refractivity contribution < 1.29 is 4.21 Å².